The number of aromatic nitrogens is 6. The Bertz CT molecular complexity index is 1090. The number of nitrogens with zero attached hydrogens (tertiary/aromatic N) is 6. The van der Waals surface area contributed by atoms with Crippen LogP contribution in [0.2, 0.25) is 0 Å². The van der Waals surface area contributed by atoms with Crippen molar-refractivity contribution in [1.29, 1.82) is 0 Å². The molecule has 2 N–H and O–H groups in total. The van der Waals surface area contributed by atoms with Gasteiger partial charge < -0.3 is 10.1 Å². The summed E-state index contributed by atoms with van der Waals surface area (Å²) < 4.78 is 32.6. The van der Waals surface area contributed by atoms with E-state index in [4.69, 9.17) is 4.74 Å². The van der Waals surface area contributed by atoms with Crippen LogP contribution < -0.4 is 10.1 Å². The molecule has 12 heteroatoms. The number of sulfonamides is 1. The van der Waals surface area contributed by atoms with E-state index in [2.05, 4.69) is 37.5 Å². The third kappa shape index (κ3) is 4.38. The molecule has 0 atom stereocenters. The Morgan fingerprint density at radius 3 is 2.77 bits per heavy atom. The lowest BCUT2D eigenvalue weighted by molar-refractivity contribution is 0.290. The van der Waals surface area contributed by atoms with Gasteiger partial charge in [0.05, 0.1) is 25.3 Å². The number of fused-ring (bicyclic) bond motifs is 1. The van der Waals surface area contributed by atoms with Crippen molar-refractivity contribution in [2.24, 2.45) is 0 Å². The predicted molar refractivity (Wildman–Crippen MR) is 112 cm³/mol. The third-order valence-corrected chi connectivity index (χ3v) is 6.40. The summed E-state index contributed by atoms with van der Waals surface area (Å²) in [6, 6.07) is 0.103. The summed E-state index contributed by atoms with van der Waals surface area (Å²) >= 11 is 0. The Morgan fingerprint density at radius 2 is 2.10 bits per heavy atom. The number of hydrogen-bond acceptors (Lipinski definition) is 8. The van der Waals surface area contributed by atoms with Gasteiger partial charge in [-0.2, -0.15) is 14.6 Å². The van der Waals surface area contributed by atoms with Gasteiger partial charge in [0, 0.05) is 30.9 Å². The number of H-pyrrole nitrogens is 1. The predicted octanol–water partition coefficient (Wildman–Crippen LogP) is 1.53. The molecule has 162 valence electrons. The number of rotatable bonds is 8. The second kappa shape index (κ2) is 8.56. The van der Waals surface area contributed by atoms with Crippen molar-refractivity contribution in [2.75, 3.05) is 31.3 Å². The van der Waals surface area contributed by atoms with E-state index in [0.717, 1.165) is 18.4 Å². The molecule has 3 aromatic rings. The van der Waals surface area contributed by atoms with E-state index < -0.39 is 10.0 Å². The van der Waals surface area contributed by atoms with Crippen molar-refractivity contribution in [1.82, 2.24) is 34.1 Å². The fourth-order valence-corrected chi connectivity index (χ4v) is 4.31. The molecule has 4 rings (SSSR count). The minimum atomic E-state index is -3.15. The number of anilines is 1. The lowest BCUT2D eigenvalue weighted by Gasteiger charge is -2.30. The van der Waals surface area contributed by atoms with Crippen molar-refractivity contribution in [3.8, 4) is 17.1 Å². The van der Waals surface area contributed by atoms with Gasteiger partial charge in [-0.15, -0.1) is 5.10 Å². The highest BCUT2D eigenvalue weighted by molar-refractivity contribution is 7.88. The van der Waals surface area contributed by atoms with Crippen LogP contribution in [0.3, 0.4) is 0 Å². The summed E-state index contributed by atoms with van der Waals surface area (Å²) in [4.78, 5) is 9.04. The summed E-state index contributed by atoms with van der Waals surface area (Å²) in [5.74, 6) is 0.995. The van der Waals surface area contributed by atoms with Crippen LogP contribution >= 0.6 is 0 Å². The Hall–Kier alpha value is -2.73. The van der Waals surface area contributed by atoms with Gasteiger partial charge in [-0.3, -0.25) is 5.10 Å². The van der Waals surface area contributed by atoms with Crippen LogP contribution in [0, 0.1) is 0 Å². The minimum Gasteiger partial charge on any atom is -0.476 e. The van der Waals surface area contributed by atoms with Crippen LogP contribution in [0.4, 0.5) is 5.95 Å². The Morgan fingerprint density at radius 1 is 1.30 bits per heavy atom. The van der Waals surface area contributed by atoms with Crippen LogP contribution in [-0.4, -0.2) is 74.5 Å². The second-order valence-electron chi connectivity index (χ2n) is 7.39. The van der Waals surface area contributed by atoms with Crippen molar-refractivity contribution >= 4 is 21.6 Å². The molecule has 0 spiro atoms. The van der Waals surface area contributed by atoms with Crippen LogP contribution in [0.5, 0.6) is 5.88 Å². The van der Waals surface area contributed by atoms with Gasteiger partial charge >= 0.3 is 0 Å². The summed E-state index contributed by atoms with van der Waals surface area (Å²) in [6.07, 6.45) is 9.66. The molecule has 30 heavy (non-hydrogen) atoms. The second-order valence-corrected chi connectivity index (χ2v) is 9.37. The average Bonchev–Trinajstić information content (AvgIpc) is 3.37. The maximum atomic E-state index is 11.7. The first kappa shape index (κ1) is 20.5. The molecule has 0 aromatic carbocycles. The molecular weight excluding hydrogens is 408 g/mol. The van der Waals surface area contributed by atoms with Gasteiger partial charge in [-0.05, 0) is 19.3 Å². The Labute approximate surface area is 174 Å². The standard InChI is InChI=1S/C18H26N8O3S/c1-3-4-9-29-17-16(13-10-20-21-11-13)19-12-15-23-18(24-26(15)17)22-14-5-7-25(8-6-14)30(2,27)28/h10-12,14H,3-9H2,1-2H3,(H,20,21)(H,22,24). The highest BCUT2D eigenvalue weighted by atomic mass is 32.2. The van der Waals surface area contributed by atoms with Gasteiger partial charge in [0.25, 0.3) is 0 Å². The van der Waals surface area contributed by atoms with Crippen LogP contribution in [0.1, 0.15) is 32.6 Å². The van der Waals surface area contributed by atoms with E-state index in [1.54, 1.807) is 23.1 Å². The largest absolute Gasteiger partial charge is 0.476 e. The minimum absolute atomic E-state index is 0.103. The van der Waals surface area contributed by atoms with Gasteiger partial charge in [-0.25, -0.2) is 17.7 Å². The molecule has 1 fully saturated rings. The molecule has 0 radical (unpaired) electrons. The normalized spacial score (nSPS) is 16.2. The molecule has 4 heterocycles. The van der Waals surface area contributed by atoms with Crippen LogP contribution in [0.15, 0.2) is 18.6 Å². The Kier molecular flexibility index (Phi) is 5.86. The monoisotopic (exact) mass is 434 g/mol. The van der Waals surface area contributed by atoms with Crippen molar-refractivity contribution < 1.29 is 13.2 Å². The lowest BCUT2D eigenvalue weighted by atomic mass is 10.1. The number of nitrogens with one attached hydrogen (secondary N) is 2. The number of piperidine rings is 1. The molecule has 3 aromatic heterocycles. The topological polar surface area (TPSA) is 130 Å². The molecule has 1 saturated heterocycles. The lowest BCUT2D eigenvalue weighted by Crippen LogP contribution is -2.41. The van der Waals surface area contributed by atoms with E-state index in [9.17, 15) is 8.42 Å². The van der Waals surface area contributed by atoms with Crippen LogP contribution in [-0.2, 0) is 10.0 Å². The Balaban J connectivity index is 1.57. The van der Waals surface area contributed by atoms with E-state index in [1.165, 1.54) is 10.6 Å². The van der Waals surface area contributed by atoms with Crippen molar-refractivity contribution in [3.05, 3.63) is 18.6 Å². The van der Waals surface area contributed by atoms with Crippen LogP contribution in [0.25, 0.3) is 16.9 Å². The first-order chi connectivity index (χ1) is 14.5. The number of ether oxygens (including phenoxy) is 1. The van der Waals surface area contributed by atoms with Gasteiger partial charge in [0.15, 0.2) is 5.65 Å². The number of aromatic amines is 1. The van der Waals surface area contributed by atoms with Crippen molar-refractivity contribution in [3.63, 3.8) is 0 Å². The van der Waals surface area contributed by atoms with E-state index in [0.29, 0.717) is 55.7 Å². The van der Waals surface area contributed by atoms with Gasteiger partial charge in [0.1, 0.15) is 5.69 Å². The molecule has 1 aliphatic rings. The SMILES string of the molecule is CCCCOc1c(-c2cn[nH]c2)ncc2nc(NC3CCN(S(C)(=O)=O)CC3)nn12. The zero-order valence-electron chi connectivity index (χ0n) is 17.1. The molecular formula is C18H26N8O3S. The maximum Gasteiger partial charge on any atom is 0.244 e. The zero-order chi connectivity index (χ0) is 21.1. The molecule has 0 saturated carbocycles. The number of hydrogen-bond donors (Lipinski definition) is 2. The quantitative estimate of drug-likeness (QED) is 0.511. The fourth-order valence-electron chi connectivity index (χ4n) is 3.43. The number of unbranched alkanes of at least 4 members (excludes halogenated alkanes) is 1. The first-order valence-electron chi connectivity index (χ1n) is 10.0. The average molecular weight is 435 g/mol. The molecule has 0 aliphatic carbocycles. The maximum absolute atomic E-state index is 11.7. The summed E-state index contributed by atoms with van der Waals surface area (Å²) in [5.41, 5.74) is 2.02. The molecule has 1 aliphatic heterocycles. The van der Waals surface area contributed by atoms with E-state index in [-0.39, 0.29) is 6.04 Å². The summed E-state index contributed by atoms with van der Waals surface area (Å²) in [6.45, 7) is 3.63. The fraction of sp³-hybridized carbons (Fsp3) is 0.556. The first-order valence-corrected chi connectivity index (χ1v) is 11.9. The van der Waals surface area contributed by atoms with Gasteiger partial charge in [0.2, 0.25) is 21.9 Å². The summed E-state index contributed by atoms with van der Waals surface area (Å²) in [7, 11) is -3.15. The smallest absolute Gasteiger partial charge is 0.244 e. The summed E-state index contributed by atoms with van der Waals surface area (Å²) in [5, 5.41) is 14.7. The van der Waals surface area contributed by atoms with Gasteiger partial charge in [-0.1, -0.05) is 13.3 Å². The highest BCUT2D eigenvalue weighted by Crippen LogP contribution is 2.28. The van der Waals surface area contributed by atoms with E-state index in [1.807, 2.05) is 0 Å². The molecule has 0 unspecified atom stereocenters. The molecule has 0 amide bonds. The highest BCUT2D eigenvalue weighted by Gasteiger charge is 2.26. The van der Waals surface area contributed by atoms with E-state index >= 15 is 0 Å². The molecule has 0 bridgehead atoms. The molecule has 11 nitrogen and oxygen atoms in total. The zero-order valence-corrected chi connectivity index (χ0v) is 17.9. The third-order valence-electron chi connectivity index (χ3n) is 5.10. The van der Waals surface area contributed by atoms with Crippen molar-refractivity contribution in [2.45, 2.75) is 38.6 Å².